The lowest BCUT2D eigenvalue weighted by Gasteiger charge is -2.51. The number of alkyl halides is 1. The van der Waals surface area contributed by atoms with Crippen molar-refractivity contribution < 1.29 is 0 Å². The summed E-state index contributed by atoms with van der Waals surface area (Å²) in [6, 6.07) is 33.1. The number of hydrogen-bond donors (Lipinski definition) is 0. The van der Waals surface area contributed by atoms with Crippen molar-refractivity contribution in [2.24, 2.45) is 0 Å². The third-order valence-corrected chi connectivity index (χ3v) is 6.17. The van der Waals surface area contributed by atoms with Gasteiger partial charge in [-0.3, -0.25) is 4.90 Å². The number of piperidine rings is 1. The molecule has 0 radical (unpaired) electrons. The summed E-state index contributed by atoms with van der Waals surface area (Å²) in [7, 11) is 0. The first kappa shape index (κ1) is 18.3. The summed E-state index contributed by atoms with van der Waals surface area (Å²) in [6.07, 6.45) is 3.61. The SMILES string of the molecule is ClC[C@H]1CCCCN1C(c1ccccc1)(c1ccccc1)c1ccccc1. The van der Waals surface area contributed by atoms with Gasteiger partial charge in [0.05, 0.1) is 5.54 Å². The van der Waals surface area contributed by atoms with Crippen molar-refractivity contribution in [2.75, 3.05) is 12.4 Å². The Kier molecular flexibility index (Phi) is 5.61. The van der Waals surface area contributed by atoms with Crippen LogP contribution in [-0.2, 0) is 5.54 Å². The van der Waals surface area contributed by atoms with Crippen LogP contribution in [0.4, 0.5) is 0 Å². The van der Waals surface area contributed by atoms with Crippen molar-refractivity contribution in [1.82, 2.24) is 4.90 Å². The highest BCUT2D eigenvalue weighted by Crippen LogP contribution is 2.45. The summed E-state index contributed by atoms with van der Waals surface area (Å²) in [6.45, 7) is 1.05. The van der Waals surface area contributed by atoms with Crippen molar-refractivity contribution in [3.63, 3.8) is 0 Å². The third-order valence-electron chi connectivity index (χ3n) is 5.81. The van der Waals surface area contributed by atoms with Crippen molar-refractivity contribution in [3.8, 4) is 0 Å². The molecule has 1 saturated heterocycles. The number of hydrogen-bond acceptors (Lipinski definition) is 1. The van der Waals surface area contributed by atoms with Crippen LogP contribution >= 0.6 is 11.6 Å². The van der Waals surface area contributed by atoms with Crippen LogP contribution in [0.5, 0.6) is 0 Å². The Morgan fingerprint density at radius 2 is 1.15 bits per heavy atom. The van der Waals surface area contributed by atoms with E-state index in [4.69, 9.17) is 11.6 Å². The topological polar surface area (TPSA) is 3.24 Å². The molecule has 138 valence electrons. The van der Waals surface area contributed by atoms with Crippen LogP contribution < -0.4 is 0 Å². The maximum Gasteiger partial charge on any atom is 0.0975 e. The van der Waals surface area contributed by atoms with Gasteiger partial charge < -0.3 is 0 Å². The molecule has 2 heteroatoms. The Morgan fingerprint density at radius 1 is 0.704 bits per heavy atom. The van der Waals surface area contributed by atoms with Crippen molar-refractivity contribution in [3.05, 3.63) is 108 Å². The van der Waals surface area contributed by atoms with Gasteiger partial charge in [-0.1, -0.05) is 97.4 Å². The van der Waals surface area contributed by atoms with E-state index in [0.29, 0.717) is 11.9 Å². The fraction of sp³-hybridized carbons (Fsp3) is 0.280. The molecule has 0 amide bonds. The molecule has 1 nitrogen and oxygen atoms in total. The van der Waals surface area contributed by atoms with Gasteiger partial charge in [0.2, 0.25) is 0 Å². The summed E-state index contributed by atoms with van der Waals surface area (Å²) in [5, 5.41) is 0. The fourth-order valence-corrected chi connectivity index (χ4v) is 4.96. The number of nitrogens with zero attached hydrogens (tertiary/aromatic N) is 1. The molecule has 3 aromatic rings. The second-order valence-corrected chi connectivity index (χ2v) is 7.61. The summed E-state index contributed by atoms with van der Waals surface area (Å²) >= 11 is 6.50. The first-order chi connectivity index (χ1) is 13.4. The summed E-state index contributed by atoms with van der Waals surface area (Å²) in [4.78, 5) is 2.66. The van der Waals surface area contributed by atoms with E-state index >= 15 is 0 Å². The molecule has 4 rings (SSSR count). The molecule has 0 unspecified atom stereocenters. The zero-order chi connectivity index (χ0) is 18.5. The van der Waals surface area contributed by atoms with E-state index in [1.54, 1.807) is 0 Å². The molecule has 27 heavy (non-hydrogen) atoms. The Morgan fingerprint density at radius 3 is 1.56 bits per heavy atom. The molecule has 0 aromatic heterocycles. The molecule has 0 N–H and O–H groups in total. The lowest BCUT2D eigenvalue weighted by Crippen LogP contribution is -2.55. The lowest BCUT2D eigenvalue weighted by atomic mass is 9.74. The molecule has 1 aliphatic heterocycles. The van der Waals surface area contributed by atoms with E-state index in [2.05, 4.69) is 95.9 Å². The first-order valence-corrected chi connectivity index (χ1v) is 10.4. The molecule has 1 heterocycles. The van der Waals surface area contributed by atoms with Crippen LogP contribution in [0.2, 0.25) is 0 Å². The normalized spacial score (nSPS) is 18.3. The van der Waals surface area contributed by atoms with Crippen LogP contribution in [0.15, 0.2) is 91.0 Å². The van der Waals surface area contributed by atoms with Crippen molar-refractivity contribution >= 4 is 11.6 Å². The van der Waals surface area contributed by atoms with E-state index < -0.39 is 0 Å². The molecule has 1 aliphatic rings. The monoisotopic (exact) mass is 375 g/mol. The van der Waals surface area contributed by atoms with Gasteiger partial charge in [-0.2, -0.15) is 0 Å². The minimum atomic E-state index is -0.330. The van der Waals surface area contributed by atoms with Crippen LogP contribution in [0.25, 0.3) is 0 Å². The predicted molar refractivity (Wildman–Crippen MR) is 114 cm³/mol. The smallest absolute Gasteiger partial charge is 0.0975 e. The predicted octanol–water partition coefficient (Wildman–Crippen LogP) is 6.07. The van der Waals surface area contributed by atoms with Gasteiger partial charge in [-0.25, -0.2) is 0 Å². The molecule has 0 bridgehead atoms. The number of halogens is 1. The molecule has 0 aliphatic carbocycles. The largest absolute Gasteiger partial charge is 0.282 e. The van der Waals surface area contributed by atoms with Gasteiger partial charge in [0.25, 0.3) is 0 Å². The Balaban J connectivity index is 2.03. The minimum absolute atomic E-state index is 0.330. The fourth-order valence-electron chi connectivity index (χ4n) is 4.64. The molecule has 1 fully saturated rings. The van der Waals surface area contributed by atoms with E-state index in [-0.39, 0.29) is 5.54 Å². The van der Waals surface area contributed by atoms with E-state index in [9.17, 15) is 0 Å². The molecule has 0 saturated carbocycles. The van der Waals surface area contributed by atoms with Crippen LogP contribution in [0.1, 0.15) is 36.0 Å². The first-order valence-electron chi connectivity index (χ1n) is 9.86. The molecular weight excluding hydrogens is 350 g/mol. The lowest BCUT2D eigenvalue weighted by molar-refractivity contribution is 0.0762. The molecule has 0 spiro atoms. The zero-order valence-electron chi connectivity index (χ0n) is 15.6. The standard InChI is InChI=1S/C25H26ClN/c26-20-24-18-10-11-19-27(24)25(21-12-4-1-5-13-21,22-14-6-2-7-15-22)23-16-8-3-9-17-23/h1-9,12-17,24H,10-11,18-20H2/t24-/m1/s1. The van der Waals surface area contributed by atoms with E-state index in [1.807, 2.05) is 0 Å². The Hall–Kier alpha value is -2.09. The van der Waals surface area contributed by atoms with Crippen LogP contribution in [0, 0.1) is 0 Å². The molecule has 1 atom stereocenters. The highest BCUT2D eigenvalue weighted by atomic mass is 35.5. The van der Waals surface area contributed by atoms with Crippen molar-refractivity contribution in [1.29, 1.82) is 0 Å². The van der Waals surface area contributed by atoms with Crippen molar-refractivity contribution in [2.45, 2.75) is 30.8 Å². The average molecular weight is 376 g/mol. The van der Waals surface area contributed by atoms with Gasteiger partial charge in [-0.15, -0.1) is 11.6 Å². The third kappa shape index (κ3) is 3.31. The van der Waals surface area contributed by atoms with Gasteiger partial charge in [0.1, 0.15) is 0 Å². The summed E-state index contributed by atoms with van der Waals surface area (Å²) < 4.78 is 0. The van der Waals surface area contributed by atoms with Crippen LogP contribution in [0.3, 0.4) is 0 Å². The molecule has 3 aromatic carbocycles. The second kappa shape index (κ2) is 8.29. The molecular formula is C25H26ClN. The maximum absolute atomic E-state index is 6.50. The van der Waals surface area contributed by atoms with Gasteiger partial charge in [-0.05, 0) is 36.1 Å². The van der Waals surface area contributed by atoms with Crippen LogP contribution in [-0.4, -0.2) is 23.4 Å². The van der Waals surface area contributed by atoms with E-state index in [0.717, 1.165) is 13.0 Å². The highest BCUT2D eigenvalue weighted by Gasteiger charge is 2.45. The summed E-state index contributed by atoms with van der Waals surface area (Å²) in [5.74, 6) is 0.661. The maximum atomic E-state index is 6.50. The minimum Gasteiger partial charge on any atom is -0.282 e. The number of likely N-dealkylation sites (tertiary alicyclic amines) is 1. The van der Waals surface area contributed by atoms with Gasteiger partial charge in [0, 0.05) is 11.9 Å². The van der Waals surface area contributed by atoms with Gasteiger partial charge in [0.15, 0.2) is 0 Å². The Labute approximate surface area is 167 Å². The Bertz CT molecular complexity index is 735. The second-order valence-electron chi connectivity index (χ2n) is 7.31. The highest BCUT2D eigenvalue weighted by molar-refractivity contribution is 6.18. The van der Waals surface area contributed by atoms with Gasteiger partial charge >= 0.3 is 0 Å². The van der Waals surface area contributed by atoms with E-state index in [1.165, 1.54) is 29.5 Å². The number of benzene rings is 3. The number of rotatable bonds is 5. The summed E-state index contributed by atoms with van der Waals surface area (Å²) in [5.41, 5.74) is 3.59. The zero-order valence-corrected chi connectivity index (χ0v) is 16.4. The average Bonchev–Trinajstić information content (AvgIpc) is 2.77. The quantitative estimate of drug-likeness (QED) is 0.386.